The molecule has 0 aromatic heterocycles. The second kappa shape index (κ2) is 4.38. The number of halogens is 1. The number of nitrogens with one attached hydrogen (secondary N) is 1. The van der Waals surface area contributed by atoms with E-state index in [0.717, 1.165) is 11.4 Å². The van der Waals surface area contributed by atoms with E-state index < -0.39 is 0 Å². The Hall–Kier alpha value is -0.890. The minimum atomic E-state index is 0.177. The molecule has 0 saturated carbocycles. The van der Waals surface area contributed by atoms with Crippen molar-refractivity contribution in [1.82, 2.24) is 0 Å². The molecule has 1 aromatic carbocycles. The molecular weight excluding hydrogens is 186 g/mol. The van der Waals surface area contributed by atoms with Crippen molar-refractivity contribution in [3.05, 3.63) is 23.2 Å². The van der Waals surface area contributed by atoms with Crippen LogP contribution in [0, 0.1) is 0 Å². The van der Waals surface area contributed by atoms with Gasteiger partial charge in [-0.25, -0.2) is 0 Å². The molecule has 3 heteroatoms. The van der Waals surface area contributed by atoms with Crippen LogP contribution < -0.4 is 10.1 Å². The Kier molecular flexibility index (Phi) is 3.43. The average Bonchev–Trinajstić information content (AvgIpc) is 2.03. The van der Waals surface area contributed by atoms with Gasteiger partial charge in [0.15, 0.2) is 0 Å². The Labute approximate surface area is 83.9 Å². The van der Waals surface area contributed by atoms with Crippen molar-refractivity contribution < 1.29 is 4.74 Å². The zero-order valence-corrected chi connectivity index (χ0v) is 8.85. The molecule has 0 atom stereocenters. The fourth-order valence-electron chi connectivity index (χ4n) is 1.04. The van der Waals surface area contributed by atoms with Crippen molar-refractivity contribution in [2.75, 3.05) is 12.4 Å². The monoisotopic (exact) mass is 199 g/mol. The van der Waals surface area contributed by atoms with Gasteiger partial charge in [-0.1, -0.05) is 11.6 Å². The predicted molar refractivity (Wildman–Crippen MR) is 56.8 cm³/mol. The van der Waals surface area contributed by atoms with E-state index in [1.807, 2.05) is 39.1 Å². The molecule has 1 aromatic rings. The standard InChI is InChI=1S/C10H14ClNO/c1-7(2)13-8-4-5-10(12-3)9(11)6-8/h4-7,12H,1-3H3. The van der Waals surface area contributed by atoms with Crippen LogP contribution in [0.4, 0.5) is 5.69 Å². The van der Waals surface area contributed by atoms with Gasteiger partial charge < -0.3 is 10.1 Å². The summed E-state index contributed by atoms with van der Waals surface area (Å²) in [6, 6.07) is 5.62. The zero-order chi connectivity index (χ0) is 9.84. The molecule has 0 heterocycles. The Bertz CT molecular complexity index is 286. The molecule has 0 radical (unpaired) electrons. The van der Waals surface area contributed by atoms with E-state index in [-0.39, 0.29) is 6.10 Å². The van der Waals surface area contributed by atoms with Crippen LogP contribution in [-0.4, -0.2) is 13.2 Å². The van der Waals surface area contributed by atoms with E-state index >= 15 is 0 Å². The summed E-state index contributed by atoms with van der Waals surface area (Å²) in [6.45, 7) is 3.97. The third-order valence-electron chi connectivity index (χ3n) is 1.58. The van der Waals surface area contributed by atoms with Gasteiger partial charge in [0.05, 0.1) is 16.8 Å². The summed E-state index contributed by atoms with van der Waals surface area (Å²) in [5, 5.41) is 3.67. The molecule has 0 aliphatic heterocycles. The van der Waals surface area contributed by atoms with E-state index in [4.69, 9.17) is 16.3 Å². The van der Waals surface area contributed by atoms with Crippen LogP contribution in [-0.2, 0) is 0 Å². The highest BCUT2D eigenvalue weighted by Crippen LogP contribution is 2.26. The maximum Gasteiger partial charge on any atom is 0.121 e. The smallest absolute Gasteiger partial charge is 0.121 e. The van der Waals surface area contributed by atoms with Crippen molar-refractivity contribution in [3.8, 4) is 5.75 Å². The Morgan fingerprint density at radius 1 is 1.38 bits per heavy atom. The average molecular weight is 200 g/mol. The van der Waals surface area contributed by atoms with Gasteiger partial charge in [-0.15, -0.1) is 0 Å². The molecule has 0 saturated heterocycles. The van der Waals surface area contributed by atoms with E-state index in [0.29, 0.717) is 5.02 Å². The van der Waals surface area contributed by atoms with Gasteiger partial charge in [0.25, 0.3) is 0 Å². The van der Waals surface area contributed by atoms with Crippen molar-refractivity contribution in [2.45, 2.75) is 20.0 Å². The lowest BCUT2D eigenvalue weighted by molar-refractivity contribution is 0.242. The van der Waals surface area contributed by atoms with Crippen LogP contribution >= 0.6 is 11.6 Å². The summed E-state index contributed by atoms with van der Waals surface area (Å²) in [7, 11) is 1.84. The van der Waals surface area contributed by atoms with Crippen molar-refractivity contribution in [3.63, 3.8) is 0 Å². The molecular formula is C10H14ClNO. The molecule has 13 heavy (non-hydrogen) atoms. The third kappa shape index (κ3) is 2.81. The highest BCUT2D eigenvalue weighted by atomic mass is 35.5. The SMILES string of the molecule is CNc1ccc(OC(C)C)cc1Cl. The number of benzene rings is 1. The highest BCUT2D eigenvalue weighted by Gasteiger charge is 2.01. The van der Waals surface area contributed by atoms with Gasteiger partial charge >= 0.3 is 0 Å². The van der Waals surface area contributed by atoms with Crippen molar-refractivity contribution in [1.29, 1.82) is 0 Å². The predicted octanol–water partition coefficient (Wildman–Crippen LogP) is 3.17. The lowest BCUT2D eigenvalue weighted by Crippen LogP contribution is -2.05. The summed E-state index contributed by atoms with van der Waals surface area (Å²) >= 11 is 5.97. The maximum atomic E-state index is 5.97. The molecule has 1 N–H and O–H groups in total. The van der Waals surface area contributed by atoms with E-state index in [1.54, 1.807) is 0 Å². The first-order valence-corrected chi connectivity index (χ1v) is 4.65. The molecule has 0 aliphatic carbocycles. The van der Waals surface area contributed by atoms with E-state index in [9.17, 15) is 0 Å². The Morgan fingerprint density at radius 2 is 2.08 bits per heavy atom. The van der Waals surface area contributed by atoms with Crippen LogP contribution in [0.15, 0.2) is 18.2 Å². The number of rotatable bonds is 3. The lowest BCUT2D eigenvalue weighted by Gasteiger charge is -2.11. The quantitative estimate of drug-likeness (QED) is 0.808. The molecule has 0 bridgehead atoms. The first-order valence-electron chi connectivity index (χ1n) is 4.27. The maximum absolute atomic E-state index is 5.97. The van der Waals surface area contributed by atoms with Gasteiger partial charge in [0.2, 0.25) is 0 Å². The topological polar surface area (TPSA) is 21.3 Å². The second-order valence-corrected chi connectivity index (χ2v) is 3.47. The van der Waals surface area contributed by atoms with Crippen LogP contribution in [0.3, 0.4) is 0 Å². The van der Waals surface area contributed by atoms with Gasteiger partial charge in [-0.2, -0.15) is 0 Å². The van der Waals surface area contributed by atoms with Gasteiger partial charge in [0.1, 0.15) is 5.75 Å². The van der Waals surface area contributed by atoms with Crippen molar-refractivity contribution >= 4 is 17.3 Å². The second-order valence-electron chi connectivity index (χ2n) is 3.06. The van der Waals surface area contributed by atoms with Crippen LogP contribution in [0.5, 0.6) is 5.75 Å². The lowest BCUT2D eigenvalue weighted by atomic mass is 10.3. The van der Waals surface area contributed by atoms with Crippen LogP contribution in [0.25, 0.3) is 0 Å². The van der Waals surface area contributed by atoms with Crippen LogP contribution in [0.1, 0.15) is 13.8 Å². The van der Waals surface area contributed by atoms with Crippen molar-refractivity contribution in [2.24, 2.45) is 0 Å². The largest absolute Gasteiger partial charge is 0.491 e. The van der Waals surface area contributed by atoms with Gasteiger partial charge in [-0.3, -0.25) is 0 Å². The first-order chi connectivity index (χ1) is 6.13. The molecule has 0 unspecified atom stereocenters. The number of anilines is 1. The molecule has 0 aliphatic rings. The third-order valence-corrected chi connectivity index (χ3v) is 1.89. The number of ether oxygens (including phenoxy) is 1. The Balaban J connectivity index is 2.83. The minimum absolute atomic E-state index is 0.177. The van der Waals surface area contributed by atoms with Gasteiger partial charge in [-0.05, 0) is 26.0 Å². The molecule has 2 nitrogen and oxygen atoms in total. The van der Waals surface area contributed by atoms with E-state index in [1.165, 1.54) is 0 Å². The molecule has 0 amide bonds. The summed E-state index contributed by atoms with van der Waals surface area (Å²) < 4.78 is 5.48. The zero-order valence-electron chi connectivity index (χ0n) is 8.10. The summed E-state index contributed by atoms with van der Waals surface area (Å²) in [5.74, 6) is 0.805. The summed E-state index contributed by atoms with van der Waals surface area (Å²) in [5.41, 5.74) is 0.915. The highest BCUT2D eigenvalue weighted by molar-refractivity contribution is 6.33. The summed E-state index contributed by atoms with van der Waals surface area (Å²) in [6.07, 6.45) is 0.177. The normalized spacial score (nSPS) is 10.2. The number of hydrogen-bond donors (Lipinski definition) is 1. The molecule has 1 rings (SSSR count). The molecule has 72 valence electrons. The fraction of sp³-hybridized carbons (Fsp3) is 0.400. The minimum Gasteiger partial charge on any atom is -0.491 e. The van der Waals surface area contributed by atoms with Crippen LogP contribution in [0.2, 0.25) is 5.02 Å². The van der Waals surface area contributed by atoms with Gasteiger partial charge in [0, 0.05) is 13.1 Å². The summed E-state index contributed by atoms with van der Waals surface area (Å²) in [4.78, 5) is 0. The molecule has 0 fully saturated rings. The van der Waals surface area contributed by atoms with E-state index in [2.05, 4.69) is 5.32 Å². The molecule has 0 spiro atoms. The fourth-order valence-corrected chi connectivity index (χ4v) is 1.31. The Morgan fingerprint density at radius 3 is 2.54 bits per heavy atom. The number of hydrogen-bond acceptors (Lipinski definition) is 2. The first kappa shape index (κ1) is 10.2.